The average molecular weight is 318 g/mol. The Labute approximate surface area is 111 Å². The fraction of sp³-hybridized carbons (Fsp3) is 1.00. The van der Waals surface area contributed by atoms with Crippen LogP contribution < -0.4 is 0 Å². The zero-order chi connectivity index (χ0) is 14.0. The van der Waals surface area contributed by atoms with Gasteiger partial charge in [0.2, 0.25) is 8.32 Å². The number of rotatable bonds is 6. The van der Waals surface area contributed by atoms with Gasteiger partial charge in [-0.1, -0.05) is 0 Å². The van der Waals surface area contributed by atoms with Crippen molar-refractivity contribution in [2.45, 2.75) is 51.1 Å². The molecule has 1 saturated carbocycles. The molecule has 1 rings (SSSR count). The van der Waals surface area contributed by atoms with Gasteiger partial charge in [-0.3, -0.25) is 12.6 Å². The van der Waals surface area contributed by atoms with Gasteiger partial charge in [-0.25, -0.2) is 4.18 Å². The van der Waals surface area contributed by atoms with Gasteiger partial charge in [0.05, 0.1) is 12.2 Å². The fourth-order valence-electron chi connectivity index (χ4n) is 1.68. The van der Waals surface area contributed by atoms with E-state index in [-0.39, 0.29) is 6.42 Å². The highest BCUT2D eigenvalue weighted by atomic mass is 32.3. The summed E-state index contributed by atoms with van der Waals surface area (Å²) >= 11 is -2.34. The molecule has 3 atom stereocenters. The lowest BCUT2D eigenvalue weighted by Gasteiger charge is -2.18. The zero-order valence-electron chi connectivity index (χ0n) is 10.5. The summed E-state index contributed by atoms with van der Waals surface area (Å²) in [5.41, 5.74) is 0. The third-order valence-electron chi connectivity index (χ3n) is 2.16. The van der Waals surface area contributed by atoms with Crippen LogP contribution in [0.2, 0.25) is 19.6 Å². The molecule has 0 aromatic rings. The van der Waals surface area contributed by atoms with Crippen LogP contribution in [-0.2, 0) is 34.0 Å². The van der Waals surface area contributed by atoms with E-state index in [2.05, 4.69) is 4.18 Å². The largest absolute Gasteiger partial charge is 0.390 e. The van der Waals surface area contributed by atoms with Crippen molar-refractivity contribution < 1.29 is 29.4 Å². The molecule has 0 amide bonds. The number of hydrogen-bond acceptors (Lipinski definition) is 6. The van der Waals surface area contributed by atoms with Gasteiger partial charge in [-0.15, -0.1) is 0 Å². The van der Waals surface area contributed by atoms with Gasteiger partial charge in [0.15, 0.2) is 0 Å². The Kier molecular flexibility index (Phi) is 5.47. The highest BCUT2D eigenvalue weighted by Gasteiger charge is 2.33. The Balaban J connectivity index is 2.47. The van der Waals surface area contributed by atoms with E-state index in [4.69, 9.17) is 12.6 Å². The van der Waals surface area contributed by atoms with E-state index in [1.807, 2.05) is 0 Å². The van der Waals surface area contributed by atoms with E-state index in [9.17, 15) is 12.6 Å². The molecule has 0 aromatic carbocycles. The highest BCUT2D eigenvalue weighted by molar-refractivity contribution is 7.83. The molecule has 0 saturated heterocycles. The van der Waals surface area contributed by atoms with Gasteiger partial charge in [0.25, 0.3) is 0 Å². The van der Waals surface area contributed by atoms with Crippen molar-refractivity contribution in [2.24, 2.45) is 0 Å². The van der Waals surface area contributed by atoms with Gasteiger partial charge in [-0.2, -0.15) is 12.6 Å². The van der Waals surface area contributed by atoms with Crippen molar-refractivity contribution in [1.29, 1.82) is 0 Å². The second-order valence-electron chi connectivity index (χ2n) is 5.07. The standard InChI is InChI=1S/C8H18O7S2Si/c1-18(2,3)15-17(11,12)14-8-5-4-7(6-8)13-16(9)10/h7-8H,4-6H2,1-3H3,(H,9,10). The minimum Gasteiger partial charge on any atom is -0.294 e. The normalized spacial score (nSPS) is 27.3. The predicted octanol–water partition coefficient (Wildman–Crippen LogP) is 1.17. The maximum atomic E-state index is 11.6. The lowest BCUT2D eigenvalue weighted by molar-refractivity contribution is 0.160. The van der Waals surface area contributed by atoms with Crippen LogP contribution in [0.25, 0.3) is 0 Å². The molecule has 10 heteroatoms. The second kappa shape index (κ2) is 6.07. The first kappa shape index (κ1) is 16.2. The molecule has 1 N–H and O–H groups in total. The van der Waals surface area contributed by atoms with Crippen LogP contribution in [0.1, 0.15) is 19.3 Å². The van der Waals surface area contributed by atoms with Crippen molar-refractivity contribution in [3.8, 4) is 0 Å². The second-order valence-corrected chi connectivity index (χ2v) is 11.6. The van der Waals surface area contributed by atoms with Crippen molar-refractivity contribution in [3.05, 3.63) is 0 Å². The summed E-state index contributed by atoms with van der Waals surface area (Å²) in [4.78, 5) is 0. The molecule has 1 aliphatic carbocycles. The molecule has 18 heavy (non-hydrogen) atoms. The molecular formula is C8H18O7S2Si. The first-order valence-electron chi connectivity index (χ1n) is 5.49. The van der Waals surface area contributed by atoms with Crippen molar-refractivity contribution in [2.75, 3.05) is 0 Å². The SMILES string of the molecule is C[Si](C)(C)OS(=O)(=O)OC1CCC(OS(=O)O)C1. The topological polar surface area (TPSA) is 99.1 Å². The molecular weight excluding hydrogens is 300 g/mol. The molecule has 0 bridgehead atoms. The Morgan fingerprint density at radius 3 is 2.28 bits per heavy atom. The summed E-state index contributed by atoms with van der Waals surface area (Å²) < 4.78 is 56.7. The summed E-state index contributed by atoms with van der Waals surface area (Å²) in [6, 6.07) is 0. The van der Waals surface area contributed by atoms with Crippen LogP contribution in [0.15, 0.2) is 0 Å². The quantitative estimate of drug-likeness (QED) is 0.579. The third-order valence-corrected chi connectivity index (χ3v) is 5.92. The smallest absolute Gasteiger partial charge is 0.294 e. The molecule has 0 aromatic heterocycles. The van der Waals surface area contributed by atoms with Gasteiger partial charge < -0.3 is 0 Å². The van der Waals surface area contributed by atoms with Crippen LogP contribution in [0.4, 0.5) is 0 Å². The zero-order valence-corrected chi connectivity index (χ0v) is 13.1. The summed E-state index contributed by atoms with van der Waals surface area (Å²) in [6.45, 7) is 5.22. The van der Waals surface area contributed by atoms with E-state index in [0.717, 1.165) is 0 Å². The Morgan fingerprint density at radius 1 is 1.22 bits per heavy atom. The summed E-state index contributed by atoms with van der Waals surface area (Å²) in [7, 11) is -6.25. The minimum absolute atomic E-state index is 0.264. The van der Waals surface area contributed by atoms with E-state index in [0.29, 0.717) is 12.8 Å². The van der Waals surface area contributed by atoms with Crippen LogP contribution in [0.5, 0.6) is 0 Å². The number of hydrogen-bond donors (Lipinski definition) is 1. The molecule has 1 fully saturated rings. The molecule has 3 unspecified atom stereocenters. The van der Waals surface area contributed by atoms with Crippen molar-refractivity contribution >= 4 is 30.1 Å². The van der Waals surface area contributed by atoms with E-state index >= 15 is 0 Å². The third kappa shape index (κ3) is 6.36. The van der Waals surface area contributed by atoms with Crippen molar-refractivity contribution in [1.82, 2.24) is 0 Å². The molecule has 0 aliphatic heterocycles. The van der Waals surface area contributed by atoms with E-state index in [1.54, 1.807) is 19.6 Å². The molecule has 0 heterocycles. The minimum atomic E-state index is -4.01. The summed E-state index contributed by atoms with van der Waals surface area (Å²) in [5, 5.41) is 0. The molecule has 0 radical (unpaired) electrons. The monoisotopic (exact) mass is 318 g/mol. The predicted molar refractivity (Wildman–Crippen MR) is 67.7 cm³/mol. The fourth-order valence-corrected chi connectivity index (χ4v) is 5.21. The van der Waals surface area contributed by atoms with E-state index in [1.165, 1.54) is 0 Å². The van der Waals surface area contributed by atoms with Crippen molar-refractivity contribution in [3.63, 3.8) is 0 Å². The van der Waals surface area contributed by atoms with Gasteiger partial charge in [-0.05, 0) is 32.5 Å². The Bertz CT molecular complexity index is 402. The Hall–Kier alpha value is 0.157. The first-order valence-corrected chi connectivity index (χ1v) is 11.3. The maximum absolute atomic E-state index is 11.6. The highest BCUT2D eigenvalue weighted by Crippen LogP contribution is 2.27. The molecule has 0 spiro atoms. The average Bonchev–Trinajstić information content (AvgIpc) is 2.44. The van der Waals surface area contributed by atoms with Gasteiger partial charge in [0.1, 0.15) is 0 Å². The van der Waals surface area contributed by atoms with E-state index < -0.39 is 42.3 Å². The maximum Gasteiger partial charge on any atom is 0.390 e. The molecule has 1 aliphatic rings. The molecule has 7 nitrogen and oxygen atoms in total. The van der Waals surface area contributed by atoms with Crippen LogP contribution in [0.3, 0.4) is 0 Å². The lowest BCUT2D eigenvalue weighted by atomic mass is 10.3. The Morgan fingerprint density at radius 2 is 1.78 bits per heavy atom. The summed E-state index contributed by atoms with van der Waals surface area (Å²) in [6.07, 6.45) is 0.193. The first-order chi connectivity index (χ1) is 8.07. The van der Waals surface area contributed by atoms with Crippen LogP contribution >= 0.6 is 0 Å². The van der Waals surface area contributed by atoms with Gasteiger partial charge >= 0.3 is 21.8 Å². The van der Waals surface area contributed by atoms with Crippen LogP contribution in [-0.4, -0.2) is 37.7 Å². The van der Waals surface area contributed by atoms with Crippen LogP contribution in [0, 0.1) is 0 Å². The summed E-state index contributed by atoms with van der Waals surface area (Å²) in [5.74, 6) is 0. The van der Waals surface area contributed by atoms with Gasteiger partial charge in [0, 0.05) is 6.42 Å². The lowest BCUT2D eigenvalue weighted by Crippen LogP contribution is -2.32. The molecule has 108 valence electrons.